The number of hydrogen-bond donors (Lipinski definition) is 2. The maximum absolute atomic E-state index is 13.1. The number of nitrogens with one attached hydrogen (secondary N) is 2. The highest BCUT2D eigenvalue weighted by Crippen LogP contribution is 2.32. The summed E-state index contributed by atoms with van der Waals surface area (Å²) >= 11 is 0. The minimum Gasteiger partial charge on any atom is -0.352 e. The van der Waals surface area contributed by atoms with Gasteiger partial charge >= 0.3 is 6.18 Å². The molecule has 0 aromatic carbocycles. The summed E-state index contributed by atoms with van der Waals surface area (Å²) in [7, 11) is 0. The number of hydrogen-bond acceptors (Lipinski definition) is 3. The van der Waals surface area contributed by atoms with Crippen molar-refractivity contribution < 1.29 is 18.0 Å². The Hall–Kier alpha value is -1.57. The third kappa shape index (κ3) is 3.72. The predicted octanol–water partition coefficient (Wildman–Crippen LogP) is 1.44. The molecule has 20 heavy (non-hydrogen) atoms. The van der Waals surface area contributed by atoms with Crippen LogP contribution in [0.15, 0.2) is 12.3 Å². The van der Waals surface area contributed by atoms with Crippen LogP contribution in [0.5, 0.6) is 0 Å². The molecule has 2 rings (SSSR count). The number of carbonyl (C=O) groups excluding carboxylic acids is 1. The van der Waals surface area contributed by atoms with Gasteiger partial charge in [0.1, 0.15) is 6.04 Å². The van der Waals surface area contributed by atoms with Crippen LogP contribution < -0.4 is 5.32 Å². The van der Waals surface area contributed by atoms with Crippen molar-refractivity contribution in [1.82, 2.24) is 20.4 Å². The molecule has 1 fully saturated rings. The summed E-state index contributed by atoms with van der Waals surface area (Å²) < 4.78 is 39.2. The zero-order valence-electron chi connectivity index (χ0n) is 11.1. The minimum absolute atomic E-state index is 0.0113. The number of nitrogens with zero attached hydrogens (tertiary/aromatic N) is 2. The first kappa shape index (κ1) is 14.8. The highest BCUT2D eigenvalue weighted by molar-refractivity contribution is 5.73. The van der Waals surface area contributed by atoms with Gasteiger partial charge in [-0.3, -0.25) is 14.8 Å². The van der Waals surface area contributed by atoms with Gasteiger partial charge in [-0.05, 0) is 18.9 Å². The van der Waals surface area contributed by atoms with E-state index in [2.05, 4.69) is 15.5 Å². The lowest BCUT2D eigenvalue weighted by Gasteiger charge is -2.40. The molecule has 0 unspecified atom stereocenters. The van der Waals surface area contributed by atoms with E-state index in [4.69, 9.17) is 0 Å². The van der Waals surface area contributed by atoms with Gasteiger partial charge in [0.25, 0.3) is 0 Å². The lowest BCUT2D eigenvalue weighted by Crippen LogP contribution is -2.55. The molecule has 0 radical (unpaired) electrons. The fourth-order valence-corrected chi connectivity index (χ4v) is 2.59. The standard InChI is InChI=1S/C12H17F3N4O/c1-8(20)17-9-2-3-11(12(13,14)15)19(6-9)7-10-4-5-16-18-10/h4-5,9,11H,2-3,6-7H2,1H3,(H,16,18)(H,17,20)/t9-,11+/m1/s1. The lowest BCUT2D eigenvalue weighted by molar-refractivity contribution is -0.194. The Morgan fingerprint density at radius 1 is 1.55 bits per heavy atom. The van der Waals surface area contributed by atoms with Gasteiger partial charge in [0.2, 0.25) is 5.91 Å². The molecule has 1 aromatic heterocycles. The maximum Gasteiger partial charge on any atom is 0.404 e. The molecule has 1 saturated heterocycles. The van der Waals surface area contributed by atoms with Gasteiger partial charge in [0, 0.05) is 37.9 Å². The predicted molar refractivity (Wildman–Crippen MR) is 65.7 cm³/mol. The molecule has 0 bridgehead atoms. The van der Waals surface area contributed by atoms with Crippen LogP contribution in [0.1, 0.15) is 25.5 Å². The van der Waals surface area contributed by atoms with Crippen LogP contribution in [0.25, 0.3) is 0 Å². The molecule has 0 aliphatic carbocycles. The van der Waals surface area contributed by atoms with Gasteiger partial charge in [-0.1, -0.05) is 0 Å². The van der Waals surface area contributed by atoms with Gasteiger partial charge in [-0.25, -0.2) is 0 Å². The third-order valence-corrected chi connectivity index (χ3v) is 3.40. The molecule has 0 spiro atoms. The van der Waals surface area contributed by atoms with Crippen LogP contribution in [0.2, 0.25) is 0 Å². The summed E-state index contributed by atoms with van der Waals surface area (Å²) in [5.74, 6) is -0.220. The zero-order chi connectivity index (χ0) is 14.8. The van der Waals surface area contributed by atoms with Gasteiger partial charge in [-0.15, -0.1) is 0 Å². The molecule has 8 heteroatoms. The number of alkyl halides is 3. The van der Waals surface area contributed by atoms with Crippen LogP contribution >= 0.6 is 0 Å². The van der Waals surface area contributed by atoms with Crippen molar-refractivity contribution in [2.24, 2.45) is 0 Å². The van der Waals surface area contributed by atoms with Crippen LogP contribution in [0.3, 0.4) is 0 Å². The second-order valence-electron chi connectivity index (χ2n) is 5.04. The van der Waals surface area contributed by atoms with E-state index < -0.39 is 12.2 Å². The maximum atomic E-state index is 13.1. The quantitative estimate of drug-likeness (QED) is 0.885. The topological polar surface area (TPSA) is 61.0 Å². The number of piperidine rings is 1. The van der Waals surface area contributed by atoms with Crippen molar-refractivity contribution in [1.29, 1.82) is 0 Å². The molecular formula is C12H17F3N4O. The van der Waals surface area contributed by atoms with E-state index in [-0.39, 0.29) is 31.5 Å². The second-order valence-corrected chi connectivity index (χ2v) is 5.04. The van der Waals surface area contributed by atoms with E-state index in [0.29, 0.717) is 12.1 Å². The number of carbonyl (C=O) groups is 1. The molecule has 2 atom stereocenters. The molecule has 2 N–H and O–H groups in total. The van der Waals surface area contributed by atoms with Crippen molar-refractivity contribution >= 4 is 5.91 Å². The van der Waals surface area contributed by atoms with Crippen molar-refractivity contribution in [2.75, 3.05) is 6.54 Å². The van der Waals surface area contributed by atoms with Crippen molar-refractivity contribution in [3.63, 3.8) is 0 Å². The monoisotopic (exact) mass is 290 g/mol. The van der Waals surface area contributed by atoms with E-state index in [9.17, 15) is 18.0 Å². The number of aromatic nitrogens is 2. The first-order valence-corrected chi connectivity index (χ1v) is 6.42. The van der Waals surface area contributed by atoms with E-state index in [1.54, 1.807) is 6.07 Å². The molecule has 0 saturated carbocycles. The Bertz CT molecular complexity index is 446. The average molecular weight is 290 g/mol. The van der Waals surface area contributed by atoms with Crippen LogP contribution in [0.4, 0.5) is 13.2 Å². The molecule has 1 aromatic rings. The van der Waals surface area contributed by atoms with Gasteiger partial charge < -0.3 is 5.32 Å². The number of aromatic amines is 1. The molecular weight excluding hydrogens is 273 g/mol. The van der Waals surface area contributed by atoms with E-state index >= 15 is 0 Å². The Labute approximate surface area is 114 Å². The largest absolute Gasteiger partial charge is 0.404 e. The molecule has 1 aliphatic heterocycles. The smallest absolute Gasteiger partial charge is 0.352 e. The summed E-state index contributed by atoms with van der Waals surface area (Å²) in [5, 5.41) is 9.09. The normalized spacial score (nSPS) is 24.6. The highest BCUT2D eigenvalue weighted by Gasteiger charge is 2.46. The first-order valence-electron chi connectivity index (χ1n) is 6.42. The summed E-state index contributed by atoms with van der Waals surface area (Å²) in [5.41, 5.74) is 0.628. The Morgan fingerprint density at radius 2 is 2.30 bits per heavy atom. The fraction of sp³-hybridized carbons (Fsp3) is 0.667. The van der Waals surface area contributed by atoms with Crippen LogP contribution in [-0.4, -0.2) is 45.8 Å². The molecule has 1 amide bonds. The lowest BCUT2D eigenvalue weighted by atomic mass is 9.97. The number of H-pyrrole nitrogens is 1. The van der Waals surface area contributed by atoms with Crippen molar-refractivity contribution in [3.8, 4) is 0 Å². The number of halogens is 3. The van der Waals surface area contributed by atoms with Gasteiger partial charge in [0.05, 0.1) is 0 Å². The fourth-order valence-electron chi connectivity index (χ4n) is 2.59. The first-order chi connectivity index (χ1) is 9.36. The summed E-state index contributed by atoms with van der Waals surface area (Å²) in [6.07, 6.45) is -2.43. The van der Waals surface area contributed by atoms with E-state index in [1.165, 1.54) is 18.0 Å². The Balaban J connectivity index is 2.08. The highest BCUT2D eigenvalue weighted by atomic mass is 19.4. The number of amides is 1. The number of likely N-dealkylation sites (tertiary alicyclic amines) is 1. The van der Waals surface area contributed by atoms with Crippen LogP contribution in [-0.2, 0) is 11.3 Å². The van der Waals surface area contributed by atoms with Crippen molar-refractivity contribution in [3.05, 3.63) is 18.0 Å². The van der Waals surface area contributed by atoms with Crippen molar-refractivity contribution in [2.45, 2.75) is 44.6 Å². The van der Waals surface area contributed by atoms with Crippen LogP contribution in [0, 0.1) is 0 Å². The summed E-state index contributed by atoms with van der Waals surface area (Å²) in [6, 6.07) is -0.0695. The summed E-state index contributed by atoms with van der Waals surface area (Å²) in [6.45, 7) is 1.69. The molecule has 5 nitrogen and oxygen atoms in total. The Morgan fingerprint density at radius 3 is 2.85 bits per heavy atom. The SMILES string of the molecule is CC(=O)N[C@@H]1CC[C@@H](C(F)(F)F)N(Cc2ccn[nH]2)C1. The molecule has 1 aliphatic rings. The third-order valence-electron chi connectivity index (χ3n) is 3.40. The Kier molecular flexibility index (Phi) is 4.32. The minimum atomic E-state index is -4.26. The summed E-state index contributed by atoms with van der Waals surface area (Å²) in [4.78, 5) is 12.4. The molecule has 2 heterocycles. The van der Waals surface area contributed by atoms with E-state index in [0.717, 1.165) is 0 Å². The van der Waals surface area contributed by atoms with Gasteiger partial charge in [-0.2, -0.15) is 18.3 Å². The number of rotatable bonds is 3. The van der Waals surface area contributed by atoms with E-state index in [1.807, 2.05) is 0 Å². The second kappa shape index (κ2) is 5.82. The van der Waals surface area contributed by atoms with Gasteiger partial charge in [0.15, 0.2) is 0 Å². The average Bonchev–Trinajstić information content (AvgIpc) is 2.79. The molecule has 112 valence electrons. The zero-order valence-corrected chi connectivity index (χ0v) is 11.1.